The molecule has 0 aliphatic carbocycles. The van der Waals surface area contributed by atoms with Crippen LogP contribution in [0.4, 0.5) is 5.69 Å². The lowest BCUT2D eigenvalue weighted by Gasteiger charge is -2.65. The molecule has 1 fully saturated rings. The minimum atomic E-state index is -0.281. The van der Waals surface area contributed by atoms with Crippen LogP contribution in [-0.4, -0.2) is 16.8 Å². The van der Waals surface area contributed by atoms with Crippen LogP contribution in [0.3, 0.4) is 0 Å². The Morgan fingerprint density at radius 3 is 1.76 bits per heavy atom. The lowest BCUT2D eigenvalue weighted by molar-refractivity contribution is 0.0915. The molecule has 1 saturated heterocycles. The van der Waals surface area contributed by atoms with Crippen LogP contribution in [0.2, 0.25) is 0 Å². The number of para-hydroxylation sites is 1. The molecule has 2 aliphatic heterocycles. The summed E-state index contributed by atoms with van der Waals surface area (Å²) in [5, 5.41) is 0. The second-order valence-corrected chi connectivity index (χ2v) is 9.44. The average molecular weight is 429 g/mol. The highest BCUT2D eigenvalue weighted by atomic mass is 15.4. The standard InChI is InChI=1S/C31H28N2/c1-22(2)29-31(24-16-8-4-9-17-24,25-18-10-5-11-19-25)30-32-27-21-13-12-20-26(27)28(33(29)30)23-14-6-3-7-15-23/h3-22,28-29H,1-2H3/t28-,29+/m0/s1. The van der Waals surface area contributed by atoms with E-state index in [1.807, 2.05) is 0 Å². The van der Waals surface area contributed by atoms with E-state index < -0.39 is 0 Å². The van der Waals surface area contributed by atoms with Gasteiger partial charge in [-0.05, 0) is 28.7 Å². The number of nitrogens with zero attached hydrogens (tertiary/aromatic N) is 2. The Bertz CT molecular complexity index is 1250. The Morgan fingerprint density at radius 1 is 0.667 bits per heavy atom. The highest BCUT2D eigenvalue weighted by Gasteiger charge is 2.64. The van der Waals surface area contributed by atoms with Gasteiger partial charge in [0.25, 0.3) is 0 Å². The van der Waals surface area contributed by atoms with Gasteiger partial charge < -0.3 is 4.90 Å². The average Bonchev–Trinajstić information content (AvgIpc) is 2.86. The maximum atomic E-state index is 5.37. The van der Waals surface area contributed by atoms with Crippen LogP contribution in [0.5, 0.6) is 0 Å². The molecule has 33 heavy (non-hydrogen) atoms. The molecule has 2 aliphatic rings. The van der Waals surface area contributed by atoms with Crippen molar-refractivity contribution in [2.75, 3.05) is 0 Å². The Morgan fingerprint density at radius 2 is 1.18 bits per heavy atom. The Labute approximate surface area is 196 Å². The number of aliphatic imine (C=N–C) groups is 1. The lowest BCUT2D eigenvalue weighted by Crippen LogP contribution is -2.74. The summed E-state index contributed by atoms with van der Waals surface area (Å²) in [6.07, 6.45) is 0. The molecular formula is C31H28N2. The molecule has 2 nitrogen and oxygen atoms in total. The van der Waals surface area contributed by atoms with E-state index in [4.69, 9.17) is 4.99 Å². The summed E-state index contributed by atoms with van der Waals surface area (Å²) >= 11 is 0. The summed E-state index contributed by atoms with van der Waals surface area (Å²) in [7, 11) is 0. The summed E-state index contributed by atoms with van der Waals surface area (Å²) in [6, 6.07) is 42.0. The molecule has 4 aromatic rings. The molecule has 0 bridgehead atoms. The molecule has 0 N–H and O–H groups in total. The zero-order valence-corrected chi connectivity index (χ0v) is 19.1. The van der Waals surface area contributed by atoms with Crippen molar-refractivity contribution in [3.8, 4) is 0 Å². The monoisotopic (exact) mass is 428 g/mol. The first-order valence-corrected chi connectivity index (χ1v) is 11.9. The minimum absolute atomic E-state index is 0.155. The highest BCUT2D eigenvalue weighted by Crippen LogP contribution is 2.58. The fraction of sp³-hybridized carbons (Fsp3) is 0.194. The van der Waals surface area contributed by atoms with Crippen molar-refractivity contribution in [2.45, 2.75) is 31.3 Å². The molecule has 0 aromatic heterocycles. The molecule has 4 aromatic carbocycles. The molecule has 0 unspecified atom stereocenters. The van der Waals surface area contributed by atoms with Crippen LogP contribution in [0.25, 0.3) is 0 Å². The zero-order valence-electron chi connectivity index (χ0n) is 19.1. The number of rotatable bonds is 4. The Hall–Kier alpha value is -3.65. The molecule has 162 valence electrons. The zero-order chi connectivity index (χ0) is 22.4. The van der Waals surface area contributed by atoms with Crippen LogP contribution < -0.4 is 0 Å². The number of hydrogen-bond acceptors (Lipinski definition) is 2. The van der Waals surface area contributed by atoms with Crippen molar-refractivity contribution in [1.82, 2.24) is 4.90 Å². The predicted octanol–water partition coefficient (Wildman–Crippen LogP) is 7.15. The van der Waals surface area contributed by atoms with Gasteiger partial charge in [-0.2, -0.15) is 0 Å². The van der Waals surface area contributed by atoms with Gasteiger partial charge in [-0.15, -0.1) is 0 Å². The molecule has 2 heterocycles. The van der Waals surface area contributed by atoms with E-state index in [0.29, 0.717) is 5.92 Å². The summed E-state index contributed by atoms with van der Waals surface area (Å²) < 4.78 is 0. The molecule has 0 amide bonds. The molecule has 0 spiro atoms. The van der Waals surface area contributed by atoms with E-state index in [1.54, 1.807) is 0 Å². The third-order valence-corrected chi connectivity index (χ3v) is 7.28. The van der Waals surface area contributed by atoms with Gasteiger partial charge in [-0.25, -0.2) is 4.99 Å². The van der Waals surface area contributed by atoms with Gasteiger partial charge in [-0.3, -0.25) is 0 Å². The van der Waals surface area contributed by atoms with Gasteiger partial charge in [0.2, 0.25) is 0 Å². The van der Waals surface area contributed by atoms with Gasteiger partial charge in [0, 0.05) is 5.56 Å². The lowest BCUT2D eigenvalue weighted by atomic mass is 9.57. The topological polar surface area (TPSA) is 15.6 Å². The Balaban J connectivity index is 1.66. The molecule has 2 heteroatoms. The molecular weight excluding hydrogens is 400 g/mol. The summed E-state index contributed by atoms with van der Waals surface area (Å²) in [5.41, 5.74) is 6.03. The van der Waals surface area contributed by atoms with Crippen molar-refractivity contribution in [2.24, 2.45) is 10.9 Å². The van der Waals surface area contributed by atoms with Gasteiger partial charge in [-0.1, -0.05) is 123 Å². The smallest absolute Gasteiger partial charge is 0.123 e. The van der Waals surface area contributed by atoms with E-state index in [1.165, 1.54) is 22.3 Å². The molecule has 0 saturated carbocycles. The van der Waals surface area contributed by atoms with Crippen LogP contribution >= 0.6 is 0 Å². The number of fused-ring (bicyclic) bond motifs is 2. The SMILES string of the molecule is CC(C)[C@H]1N2C(=Nc3ccccc3[C@@H]2c2ccccc2)C1(c1ccccc1)c1ccccc1. The normalized spacial score (nSPS) is 20.5. The maximum Gasteiger partial charge on any atom is 0.123 e. The third-order valence-electron chi connectivity index (χ3n) is 7.28. The van der Waals surface area contributed by atoms with Crippen molar-refractivity contribution in [3.05, 3.63) is 138 Å². The first-order valence-electron chi connectivity index (χ1n) is 11.9. The quantitative estimate of drug-likeness (QED) is 0.337. The van der Waals surface area contributed by atoms with Gasteiger partial charge in [0.1, 0.15) is 5.84 Å². The van der Waals surface area contributed by atoms with E-state index in [2.05, 4.69) is 134 Å². The number of benzene rings is 4. The van der Waals surface area contributed by atoms with Crippen molar-refractivity contribution < 1.29 is 0 Å². The van der Waals surface area contributed by atoms with Crippen molar-refractivity contribution in [1.29, 1.82) is 0 Å². The minimum Gasteiger partial charge on any atom is -0.343 e. The van der Waals surface area contributed by atoms with Crippen molar-refractivity contribution >= 4 is 11.5 Å². The van der Waals surface area contributed by atoms with Crippen LogP contribution in [0.1, 0.15) is 42.1 Å². The molecule has 0 radical (unpaired) electrons. The third kappa shape index (κ3) is 2.83. The van der Waals surface area contributed by atoms with Gasteiger partial charge in [0.05, 0.1) is 23.2 Å². The van der Waals surface area contributed by atoms with Crippen molar-refractivity contribution in [3.63, 3.8) is 0 Å². The predicted molar refractivity (Wildman–Crippen MR) is 136 cm³/mol. The first kappa shape index (κ1) is 20.0. The molecule has 2 atom stereocenters. The Kier molecular flexibility index (Phi) is 4.69. The second kappa shape index (κ2) is 7.74. The maximum absolute atomic E-state index is 5.37. The molecule has 6 rings (SSSR count). The number of amidine groups is 1. The van der Waals surface area contributed by atoms with E-state index in [9.17, 15) is 0 Å². The first-order chi connectivity index (χ1) is 16.2. The van der Waals surface area contributed by atoms with Crippen LogP contribution in [0, 0.1) is 5.92 Å². The number of hydrogen-bond donors (Lipinski definition) is 0. The second-order valence-electron chi connectivity index (χ2n) is 9.44. The summed E-state index contributed by atoms with van der Waals surface area (Å²) in [6.45, 7) is 4.70. The van der Waals surface area contributed by atoms with E-state index >= 15 is 0 Å². The highest BCUT2D eigenvalue weighted by molar-refractivity contribution is 6.06. The largest absolute Gasteiger partial charge is 0.343 e. The summed E-state index contributed by atoms with van der Waals surface area (Å²) in [4.78, 5) is 7.97. The fourth-order valence-corrected chi connectivity index (χ4v) is 6.09. The summed E-state index contributed by atoms with van der Waals surface area (Å²) in [5.74, 6) is 1.59. The van der Waals surface area contributed by atoms with E-state index in [0.717, 1.165) is 11.5 Å². The fourth-order valence-electron chi connectivity index (χ4n) is 6.09. The van der Waals surface area contributed by atoms with E-state index in [-0.39, 0.29) is 17.5 Å². The van der Waals surface area contributed by atoms with Crippen LogP contribution in [-0.2, 0) is 5.41 Å². The van der Waals surface area contributed by atoms with Crippen LogP contribution in [0.15, 0.2) is 120 Å². The van der Waals surface area contributed by atoms with Gasteiger partial charge in [0.15, 0.2) is 0 Å². The van der Waals surface area contributed by atoms with Gasteiger partial charge >= 0.3 is 0 Å².